The smallest absolute Gasteiger partial charge is 0.254 e. The summed E-state index contributed by atoms with van der Waals surface area (Å²) in [4.78, 5) is 15.1. The number of sulfonamides is 1. The third-order valence-corrected chi connectivity index (χ3v) is 6.01. The predicted octanol–water partition coefficient (Wildman–Crippen LogP) is 2.65. The molecule has 2 rings (SSSR count). The number of halogens is 1. The van der Waals surface area contributed by atoms with Gasteiger partial charge in [0.1, 0.15) is 0 Å². The molecule has 1 aliphatic rings. The number of hydrogen-bond donors (Lipinski definition) is 2. The third kappa shape index (κ3) is 6.75. The number of carbonyl (C=O) groups excluding carboxylic acids is 1. The number of piperidine rings is 1. The van der Waals surface area contributed by atoms with Crippen molar-refractivity contribution in [3.05, 3.63) is 29.8 Å². The number of hydrogen-bond acceptors (Lipinski definition) is 4. The van der Waals surface area contributed by atoms with Crippen LogP contribution >= 0.6 is 12.4 Å². The fourth-order valence-corrected chi connectivity index (χ4v) is 4.33. The molecule has 1 aliphatic heterocycles. The van der Waals surface area contributed by atoms with Crippen LogP contribution in [0.25, 0.3) is 0 Å². The fraction of sp³-hybridized carbons (Fsp3) is 0.632. The van der Waals surface area contributed by atoms with Gasteiger partial charge >= 0.3 is 0 Å². The molecule has 6 nitrogen and oxygen atoms in total. The van der Waals surface area contributed by atoms with Gasteiger partial charge in [-0.2, -0.15) is 0 Å². The molecule has 0 bridgehead atoms. The Hall–Kier alpha value is -1.15. The first-order valence-electron chi connectivity index (χ1n) is 9.46. The molecule has 0 aromatic heterocycles. The van der Waals surface area contributed by atoms with Gasteiger partial charge in [-0.15, -0.1) is 12.4 Å². The number of nitrogens with zero attached hydrogens (tertiary/aromatic N) is 1. The highest BCUT2D eigenvalue weighted by Gasteiger charge is 2.26. The number of amides is 1. The van der Waals surface area contributed by atoms with Crippen LogP contribution in [-0.2, 0) is 10.0 Å². The van der Waals surface area contributed by atoms with E-state index in [9.17, 15) is 13.2 Å². The fourth-order valence-electron chi connectivity index (χ4n) is 3.11. The monoisotopic (exact) mass is 417 g/mol. The summed E-state index contributed by atoms with van der Waals surface area (Å²) in [6.07, 6.45) is 2.82. The summed E-state index contributed by atoms with van der Waals surface area (Å²) >= 11 is 0. The van der Waals surface area contributed by atoms with Crippen LogP contribution in [-0.4, -0.2) is 51.4 Å². The van der Waals surface area contributed by atoms with Crippen molar-refractivity contribution in [1.29, 1.82) is 0 Å². The Labute approximate surface area is 169 Å². The molecule has 0 spiro atoms. The van der Waals surface area contributed by atoms with Crippen molar-refractivity contribution < 1.29 is 13.2 Å². The van der Waals surface area contributed by atoms with Crippen LogP contribution in [0.3, 0.4) is 0 Å². The lowest BCUT2D eigenvalue weighted by molar-refractivity contribution is 0.0642. The van der Waals surface area contributed by atoms with Crippen molar-refractivity contribution in [2.24, 2.45) is 5.92 Å². The SMILES string of the molecule is CCCN(C(=O)c1ccc(S(=O)(=O)NCC(C)C)cc1)C1CCNCC1.Cl. The first-order valence-corrected chi connectivity index (χ1v) is 10.9. The van der Waals surface area contributed by atoms with Crippen molar-refractivity contribution in [3.8, 4) is 0 Å². The van der Waals surface area contributed by atoms with Gasteiger partial charge in [0.2, 0.25) is 10.0 Å². The first kappa shape index (κ1) is 23.9. The van der Waals surface area contributed by atoms with Gasteiger partial charge in [-0.05, 0) is 62.5 Å². The second-order valence-electron chi connectivity index (χ2n) is 7.25. The van der Waals surface area contributed by atoms with Crippen molar-refractivity contribution >= 4 is 28.3 Å². The largest absolute Gasteiger partial charge is 0.336 e. The van der Waals surface area contributed by atoms with Gasteiger partial charge in [0.15, 0.2) is 0 Å². The molecule has 1 fully saturated rings. The van der Waals surface area contributed by atoms with E-state index in [1.54, 1.807) is 12.1 Å². The van der Waals surface area contributed by atoms with Crippen LogP contribution in [0.1, 0.15) is 50.4 Å². The van der Waals surface area contributed by atoms with E-state index in [0.717, 1.165) is 38.9 Å². The van der Waals surface area contributed by atoms with Gasteiger partial charge in [0, 0.05) is 24.7 Å². The molecule has 2 N–H and O–H groups in total. The van der Waals surface area contributed by atoms with Gasteiger partial charge in [-0.1, -0.05) is 20.8 Å². The molecule has 1 aromatic rings. The molecule has 1 aromatic carbocycles. The summed E-state index contributed by atoms with van der Waals surface area (Å²) < 4.78 is 27.2. The molecule has 0 aliphatic carbocycles. The first-order chi connectivity index (χ1) is 12.3. The highest BCUT2D eigenvalue weighted by Crippen LogP contribution is 2.18. The second kappa shape index (κ2) is 11.0. The van der Waals surface area contributed by atoms with Crippen molar-refractivity contribution in [3.63, 3.8) is 0 Å². The summed E-state index contributed by atoms with van der Waals surface area (Å²) in [5.74, 6) is 0.219. The Kier molecular flexibility index (Phi) is 9.73. The van der Waals surface area contributed by atoms with E-state index in [0.29, 0.717) is 12.1 Å². The van der Waals surface area contributed by atoms with Crippen LogP contribution in [0, 0.1) is 5.92 Å². The minimum absolute atomic E-state index is 0. The zero-order valence-corrected chi connectivity index (χ0v) is 18.0. The Morgan fingerprint density at radius 1 is 1.22 bits per heavy atom. The number of rotatable bonds is 8. The molecule has 8 heteroatoms. The lowest BCUT2D eigenvalue weighted by Crippen LogP contribution is -2.46. The molecule has 0 saturated carbocycles. The maximum atomic E-state index is 13.0. The zero-order chi connectivity index (χ0) is 19.2. The molecule has 1 saturated heterocycles. The van der Waals surface area contributed by atoms with E-state index in [4.69, 9.17) is 0 Å². The lowest BCUT2D eigenvalue weighted by Gasteiger charge is -2.34. The van der Waals surface area contributed by atoms with E-state index < -0.39 is 10.0 Å². The topological polar surface area (TPSA) is 78.5 Å². The van der Waals surface area contributed by atoms with Crippen molar-refractivity contribution in [1.82, 2.24) is 14.9 Å². The summed E-state index contributed by atoms with van der Waals surface area (Å²) in [5, 5.41) is 3.32. The number of benzene rings is 1. The maximum absolute atomic E-state index is 13.0. The molecular formula is C19H32ClN3O3S. The molecule has 27 heavy (non-hydrogen) atoms. The average molecular weight is 418 g/mol. The Balaban J connectivity index is 0.00000364. The van der Waals surface area contributed by atoms with E-state index in [1.165, 1.54) is 12.1 Å². The second-order valence-corrected chi connectivity index (χ2v) is 9.02. The molecular weight excluding hydrogens is 386 g/mol. The molecule has 0 atom stereocenters. The predicted molar refractivity (Wildman–Crippen MR) is 111 cm³/mol. The van der Waals surface area contributed by atoms with Crippen LogP contribution in [0.4, 0.5) is 0 Å². The maximum Gasteiger partial charge on any atom is 0.254 e. The molecule has 0 radical (unpaired) electrons. The Morgan fingerprint density at radius 2 is 1.81 bits per heavy atom. The quantitative estimate of drug-likeness (QED) is 0.681. The van der Waals surface area contributed by atoms with E-state index in [1.807, 2.05) is 18.7 Å². The highest BCUT2D eigenvalue weighted by atomic mass is 35.5. The van der Waals surface area contributed by atoms with Gasteiger partial charge in [-0.3, -0.25) is 4.79 Å². The lowest BCUT2D eigenvalue weighted by atomic mass is 10.0. The van der Waals surface area contributed by atoms with Crippen LogP contribution in [0.5, 0.6) is 0 Å². The summed E-state index contributed by atoms with van der Waals surface area (Å²) in [7, 11) is -3.53. The van der Waals surface area contributed by atoms with Crippen LogP contribution in [0.2, 0.25) is 0 Å². The average Bonchev–Trinajstić information content (AvgIpc) is 2.65. The minimum Gasteiger partial charge on any atom is -0.336 e. The highest BCUT2D eigenvalue weighted by molar-refractivity contribution is 7.89. The Morgan fingerprint density at radius 3 is 2.33 bits per heavy atom. The summed E-state index contributed by atoms with van der Waals surface area (Å²) in [6.45, 7) is 8.94. The number of carbonyl (C=O) groups is 1. The minimum atomic E-state index is -3.53. The standard InChI is InChI=1S/C19H31N3O3S.ClH/c1-4-13-22(17-9-11-20-12-10-17)19(23)16-5-7-18(8-6-16)26(24,25)21-14-15(2)3;/h5-8,15,17,20-21H,4,9-14H2,1-3H3;1H. The van der Waals surface area contributed by atoms with Crippen LogP contribution < -0.4 is 10.0 Å². The van der Waals surface area contributed by atoms with Gasteiger partial charge in [0.05, 0.1) is 4.90 Å². The van der Waals surface area contributed by atoms with Gasteiger partial charge in [-0.25, -0.2) is 13.1 Å². The third-order valence-electron chi connectivity index (χ3n) is 4.57. The van der Waals surface area contributed by atoms with Crippen LogP contribution in [0.15, 0.2) is 29.2 Å². The Bertz CT molecular complexity index is 687. The molecule has 0 unspecified atom stereocenters. The summed E-state index contributed by atoms with van der Waals surface area (Å²) in [5.41, 5.74) is 0.541. The molecule has 1 amide bonds. The van der Waals surface area contributed by atoms with Crippen molar-refractivity contribution in [2.75, 3.05) is 26.2 Å². The van der Waals surface area contributed by atoms with E-state index in [-0.39, 0.29) is 35.2 Å². The molecule has 1 heterocycles. The van der Waals surface area contributed by atoms with E-state index in [2.05, 4.69) is 17.0 Å². The summed E-state index contributed by atoms with van der Waals surface area (Å²) in [6, 6.07) is 6.52. The van der Waals surface area contributed by atoms with Gasteiger partial charge in [0.25, 0.3) is 5.91 Å². The molecule has 154 valence electrons. The van der Waals surface area contributed by atoms with Crippen molar-refractivity contribution in [2.45, 2.75) is 51.0 Å². The van der Waals surface area contributed by atoms with Gasteiger partial charge < -0.3 is 10.2 Å². The zero-order valence-electron chi connectivity index (χ0n) is 16.4. The normalized spacial score (nSPS) is 15.4. The van der Waals surface area contributed by atoms with E-state index >= 15 is 0 Å². The number of nitrogens with one attached hydrogen (secondary N) is 2.